The van der Waals surface area contributed by atoms with Gasteiger partial charge in [-0.2, -0.15) is 0 Å². The topological polar surface area (TPSA) is 261 Å². The third-order valence-electron chi connectivity index (χ3n) is 4.43. The molecule has 0 radical (unpaired) electrons. The quantitative estimate of drug-likeness (QED) is 0.0831. The van der Waals surface area contributed by atoms with Gasteiger partial charge in [-0.3, -0.25) is 8.42 Å². The molecule has 33 heavy (non-hydrogen) atoms. The van der Waals surface area contributed by atoms with Crippen molar-refractivity contribution in [1.82, 2.24) is 0 Å². The minimum Gasteiger partial charge on any atom is -1.00 e. The molecule has 0 amide bonds. The Labute approximate surface area is 289 Å². The number of rotatable bonds is 2. The molecule has 2 heterocycles. The number of ether oxygens (including phenoxy) is 2. The Morgan fingerprint density at radius 2 is 0.879 bits per heavy atom. The van der Waals surface area contributed by atoms with Crippen molar-refractivity contribution in [2.24, 2.45) is 11.8 Å². The number of aliphatic hydroxyl groups excluding tert-OH is 8. The molecule has 0 aromatic carbocycles. The standard InChI is InChI=1S/2C7H14O5.2ClH.2K.H2O4S/c2*1-3-5(9)6(10)4(2-8)12-7(3)11;;;;;1-5(2,3)4/h2*3-11H,2H2,1H3;2*1H;;;(H2,1,2,3,4)/q;;;;2*+1;/p-4/t2*3-,4-,5-,6-,7+;;;;;/m11...../s1. The number of aliphatic hydroxyl groups is 8. The maximum Gasteiger partial charge on any atom is 1.00 e. The fraction of sp³-hybridized carbons (Fsp3) is 1.00. The summed E-state index contributed by atoms with van der Waals surface area (Å²) in [6.07, 6.45) is -8.41. The second kappa shape index (κ2) is 22.2. The van der Waals surface area contributed by atoms with Crippen molar-refractivity contribution < 1.29 is 195 Å². The van der Waals surface area contributed by atoms with E-state index in [-0.39, 0.29) is 128 Å². The summed E-state index contributed by atoms with van der Waals surface area (Å²) in [4.78, 5) is 0. The van der Waals surface area contributed by atoms with Crippen molar-refractivity contribution in [3.63, 3.8) is 0 Å². The summed E-state index contributed by atoms with van der Waals surface area (Å²) in [7, 11) is -5.17. The van der Waals surface area contributed by atoms with Crippen LogP contribution in [0.3, 0.4) is 0 Å². The molecule has 0 spiro atoms. The van der Waals surface area contributed by atoms with Crippen LogP contribution in [-0.2, 0) is 19.9 Å². The van der Waals surface area contributed by atoms with Gasteiger partial charge in [-0.1, -0.05) is 13.8 Å². The van der Waals surface area contributed by atoms with Crippen LogP contribution in [0.1, 0.15) is 13.8 Å². The molecule has 0 bridgehead atoms. The van der Waals surface area contributed by atoms with Gasteiger partial charge in [-0.05, 0) is 0 Å². The summed E-state index contributed by atoms with van der Waals surface area (Å²) in [5, 5.41) is 72.9. The van der Waals surface area contributed by atoms with E-state index in [1.807, 2.05) is 0 Å². The van der Waals surface area contributed by atoms with Crippen molar-refractivity contribution in [2.75, 3.05) is 13.2 Å². The van der Waals surface area contributed by atoms with Crippen molar-refractivity contribution in [3.05, 3.63) is 0 Å². The number of halogens is 2. The van der Waals surface area contributed by atoms with Crippen LogP contribution >= 0.6 is 0 Å². The van der Waals surface area contributed by atoms with Crippen LogP contribution in [0.25, 0.3) is 0 Å². The summed E-state index contributed by atoms with van der Waals surface area (Å²) < 4.78 is 43.7. The molecule has 2 aliphatic rings. The molecular formula is C14H28Cl2K2O14S-2. The van der Waals surface area contributed by atoms with Crippen LogP contribution in [-0.4, -0.2) is 121 Å². The molecule has 2 saturated heterocycles. The second-order valence-electron chi connectivity index (χ2n) is 6.58. The van der Waals surface area contributed by atoms with E-state index >= 15 is 0 Å². The minimum atomic E-state index is -5.17. The van der Waals surface area contributed by atoms with E-state index in [9.17, 15) is 20.4 Å². The van der Waals surface area contributed by atoms with Crippen LogP contribution < -0.4 is 128 Å². The minimum absolute atomic E-state index is 0. The normalized spacial score (nSPS) is 37.6. The summed E-state index contributed by atoms with van der Waals surface area (Å²) in [6, 6.07) is 0. The third kappa shape index (κ3) is 17.5. The van der Waals surface area contributed by atoms with Gasteiger partial charge in [-0.25, -0.2) is 0 Å². The zero-order valence-electron chi connectivity index (χ0n) is 18.4. The van der Waals surface area contributed by atoms with Gasteiger partial charge in [0.25, 0.3) is 0 Å². The van der Waals surface area contributed by atoms with Crippen LogP contribution in [0.2, 0.25) is 0 Å². The Hall–Kier alpha value is 3.32. The largest absolute Gasteiger partial charge is 1.00 e. The Kier molecular flexibility index (Phi) is 31.0. The van der Waals surface area contributed by atoms with Gasteiger partial charge in [-0.15, -0.1) is 0 Å². The van der Waals surface area contributed by atoms with E-state index in [0.29, 0.717) is 0 Å². The summed E-state index contributed by atoms with van der Waals surface area (Å²) in [6.45, 7) is 2.29. The Morgan fingerprint density at radius 1 is 0.667 bits per heavy atom. The summed E-state index contributed by atoms with van der Waals surface area (Å²) in [5.41, 5.74) is 0. The first-order chi connectivity index (χ1) is 13.1. The van der Waals surface area contributed by atoms with E-state index in [4.69, 9.17) is 47.4 Å². The van der Waals surface area contributed by atoms with Crippen LogP contribution in [0.15, 0.2) is 0 Å². The average molecular weight is 602 g/mol. The second-order valence-corrected chi connectivity index (χ2v) is 7.40. The van der Waals surface area contributed by atoms with Gasteiger partial charge in [0.05, 0.1) is 25.4 Å². The third-order valence-corrected chi connectivity index (χ3v) is 4.43. The molecule has 2 rings (SSSR count). The van der Waals surface area contributed by atoms with Crippen molar-refractivity contribution >= 4 is 10.4 Å². The molecule has 2 fully saturated rings. The molecular weight excluding hydrogens is 573 g/mol. The maximum atomic E-state index is 9.32. The first-order valence-corrected chi connectivity index (χ1v) is 9.76. The van der Waals surface area contributed by atoms with E-state index in [1.54, 1.807) is 13.8 Å². The predicted molar refractivity (Wildman–Crippen MR) is 88.8 cm³/mol. The fourth-order valence-corrected chi connectivity index (χ4v) is 2.47. The first kappa shape index (κ1) is 46.2. The van der Waals surface area contributed by atoms with Gasteiger partial charge in [0.15, 0.2) is 12.6 Å². The van der Waals surface area contributed by atoms with Gasteiger partial charge >= 0.3 is 103 Å². The van der Waals surface area contributed by atoms with E-state index in [0.717, 1.165) is 0 Å². The molecule has 2 aliphatic heterocycles. The van der Waals surface area contributed by atoms with Crippen molar-refractivity contribution in [1.29, 1.82) is 0 Å². The van der Waals surface area contributed by atoms with Crippen LogP contribution in [0.5, 0.6) is 0 Å². The molecule has 14 nitrogen and oxygen atoms in total. The molecule has 0 unspecified atom stereocenters. The maximum absolute atomic E-state index is 9.32. The van der Waals surface area contributed by atoms with E-state index in [2.05, 4.69) is 0 Å². The number of hydrogen-bond acceptors (Lipinski definition) is 14. The molecule has 0 aliphatic carbocycles. The van der Waals surface area contributed by atoms with Gasteiger partial charge in [0, 0.05) is 22.2 Å². The Morgan fingerprint density at radius 3 is 1.06 bits per heavy atom. The average Bonchev–Trinajstić information content (AvgIpc) is 2.63. The summed E-state index contributed by atoms with van der Waals surface area (Å²) >= 11 is 0. The fourth-order valence-electron chi connectivity index (χ4n) is 2.47. The van der Waals surface area contributed by atoms with Crippen molar-refractivity contribution in [2.45, 2.75) is 63.1 Å². The summed E-state index contributed by atoms with van der Waals surface area (Å²) in [5.74, 6) is -1.08. The SMILES string of the molecule is C[C@@H]1[C@@H](O)[C@H](O)[C@@H](CO)O[C@@H]1O.C[C@@H]1[C@@H](O)[C@H](O)[C@@H](CO)O[C@@H]1O.O=S(=O)([O-])[O-].[Cl-].[Cl-].[K+].[K+]. The number of hydrogen-bond donors (Lipinski definition) is 8. The zero-order valence-corrected chi connectivity index (χ0v) is 27.0. The molecule has 19 heteroatoms. The predicted octanol–water partition coefficient (Wildman–Crippen LogP) is -17.2. The molecule has 0 saturated carbocycles. The van der Waals surface area contributed by atoms with Gasteiger partial charge < -0.3 is 84.2 Å². The van der Waals surface area contributed by atoms with Gasteiger partial charge in [0.1, 0.15) is 24.4 Å². The molecule has 0 aromatic rings. The Bertz CT molecular complexity index is 529. The van der Waals surface area contributed by atoms with Crippen LogP contribution in [0, 0.1) is 11.8 Å². The smallest absolute Gasteiger partial charge is 1.00 e. The molecule has 0 aromatic heterocycles. The molecule has 192 valence electrons. The zero-order chi connectivity index (χ0) is 23.1. The monoisotopic (exact) mass is 600 g/mol. The first-order valence-electron chi connectivity index (χ1n) is 8.43. The molecule has 8 N–H and O–H groups in total. The Balaban J connectivity index is -0.000000120. The van der Waals surface area contributed by atoms with E-state index < -0.39 is 84.7 Å². The van der Waals surface area contributed by atoms with Crippen molar-refractivity contribution in [3.8, 4) is 0 Å². The molecule has 10 atom stereocenters. The van der Waals surface area contributed by atoms with Crippen LogP contribution in [0.4, 0.5) is 0 Å². The van der Waals surface area contributed by atoms with E-state index in [1.165, 1.54) is 0 Å². The van der Waals surface area contributed by atoms with Gasteiger partial charge in [0.2, 0.25) is 0 Å².